The molecule has 0 saturated carbocycles. The molecule has 0 atom stereocenters. The summed E-state index contributed by atoms with van der Waals surface area (Å²) in [6, 6.07) is 3.99. The van der Waals surface area contributed by atoms with Crippen LogP contribution in [0.3, 0.4) is 0 Å². The van der Waals surface area contributed by atoms with Crippen LogP contribution in [0.15, 0.2) is 12.1 Å². The van der Waals surface area contributed by atoms with Gasteiger partial charge in [0.1, 0.15) is 0 Å². The summed E-state index contributed by atoms with van der Waals surface area (Å²) in [7, 11) is 0. The van der Waals surface area contributed by atoms with E-state index in [4.69, 9.17) is 5.73 Å². The van der Waals surface area contributed by atoms with Gasteiger partial charge in [-0.1, -0.05) is 12.1 Å². The smallest absolute Gasteiger partial charge is 0.176 e. The van der Waals surface area contributed by atoms with Crippen molar-refractivity contribution in [3.63, 3.8) is 0 Å². The van der Waals surface area contributed by atoms with E-state index in [9.17, 15) is 4.79 Å². The standard InChI is InChI=1S/C13H17NO/c1-9-6-7-12(13(15)8-14)11-5-3-2-4-10(9)11/h6-7H,2-5,8,14H2,1H3. The number of benzene rings is 1. The molecule has 0 saturated heterocycles. The van der Waals surface area contributed by atoms with Gasteiger partial charge in [0.15, 0.2) is 5.78 Å². The Morgan fingerprint density at radius 3 is 2.60 bits per heavy atom. The fourth-order valence-corrected chi connectivity index (χ4v) is 2.42. The third kappa shape index (κ3) is 1.82. The number of nitrogens with two attached hydrogens (primary N) is 1. The lowest BCUT2D eigenvalue weighted by Gasteiger charge is -2.20. The van der Waals surface area contributed by atoms with Crippen LogP contribution in [0.1, 0.15) is 39.9 Å². The molecule has 0 unspecified atom stereocenters. The van der Waals surface area contributed by atoms with Gasteiger partial charge >= 0.3 is 0 Å². The number of Topliss-reactive ketones (excluding diaryl/α,β-unsaturated/α-hetero) is 1. The molecule has 0 heterocycles. The molecule has 0 spiro atoms. The highest BCUT2D eigenvalue weighted by Gasteiger charge is 2.18. The summed E-state index contributed by atoms with van der Waals surface area (Å²) >= 11 is 0. The largest absolute Gasteiger partial charge is 0.324 e. The van der Waals surface area contributed by atoms with Gasteiger partial charge < -0.3 is 5.73 Å². The lowest BCUT2D eigenvalue weighted by atomic mass is 9.84. The fraction of sp³-hybridized carbons (Fsp3) is 0.462. The normalized spacial score (nSPS) is 14.8. The summed E-state index contributed by atoms with van der Waals surface area (Å²) in [5.41, 5.74) is 10.3. The van der Waals surface area contributed by atoms with E-state index < -0.39 is 0 Å². The Balaban J connectivity index is 2.52. The van der Waals surface area contributed by atoms with Crippen molar-refractivity contribution in [1.29, 1.82) is 0 Å². The van der Waals surface area contributed by atoms with Crippen molar-refractivity contribution in [1.82, 2.24) is 0 Å². The average Bonchev–Trinajstić information content (AvgIpc) is 2.29. The average molecular weight is 203 g/mol. The molecular weight excluding hydrogens is 186 g/mol. The minimum absolute atomic E-state index is 0.0770. The van der Waals surface area contributed by atoms with E-state index >= 15 is 0 Å². The molecule has 2 N–H and O–H groups in total. The first kappa shape index (κ1) is 10.4. The second-order valence-corrected chi connectivity index (χ2v) is 4.22. The molecule has 0 radical (unpaired) electrons. The van der Waals surface area contributed by atoms with Crippen LogP contribution in [0, 0.1) is 6.92 Å². The van der Waals surface area contributed by atoms with Crippen molar-refractivity contribution in [2.24, 2.45) is 5.73 Å². The van der Waals surface area contributed by atoms with Crippen molar-refractivity contribution in [2.45, 2.75) is 32.6 Å². The summed E-state index contributed by atoms with van der Waals surface area (Å²) in [5, 5.41) is 0. The van der Waals surface area contributed by atoms with E-state index in [2.05, 4.69) is 6.92 Å². The molecule has 2 heteroatoms. The Bertz CT molecular complexity index is 396. The molecule has 2 nitrogen and oxygen atoms in total. The number of fused-ring (bicyclic) bond motifs is 1. The SMILES string of the molecule is Cc1ccc(C(=O)CN)c2c1CCCC2. The molecule has 80 valence electrons. The number of carbonyl (C=O) groups is 1. The maximum absolute atomic E-state index is 11.7. The Morgan fingerprint density at radius 1 is 1.27 bits per heavy atom. The van der Waals surface area contributed by atoms with Crippen LogP contribution in [0.4, 0.5) is 0 Å². The zero-order chi connectivity index (χ0) is 10.8. The Kier molecular flexibility index (Phi) is 2.87. The van der Waals surface area contributed by atoms with Crippen LogP contribution in [0.2, 0.25) is 0 Å². The lowest BCUT2D eigenvalue weighted by molar-refractivity contribution is 0.1000. The molecule has 0 aliphatic heterocycles. The minimum Gasteiger partial charge on any atom is -0.324 e. The molecule has 1 aliphatic rings. The molecule has 2 rings (SSSR count). The highest BCUT2D eigenvalue weighted by Crippen LogP contribution is 2.27. The molecule has 0 aromatic heterocycles. The third-order valence-corrected chi connectivity index (χ3v) is 3.25. The zero-order valence-electron chi connectivity index (χ0n) is 9.18. The molecule has 15 heavy (non-hydrogen) atoms. The predicted octanol–water partition coefficient (Wildman–Crippen LogP) is 2.02. The number of rotatable bonds is 2. The molecule has 1 aliphatic carbocycles. The van der Waals surface area contributed by atoms with Crippen LogP contribution < -0.4 is 5.73 Å². The fourth-order valence-electron chi connectivity index (χ4n) is 2.42. The van der Waals surface area contributed by atoms with Crippen molar-refractivity contribution in [2.75, 3.05) is 6.54 Å². The number of aryl methyl sites for hydroxylation is 1. The van der Waals surface area contributed by atoms with Crippen molar-refractivity contribution in [3.8, 4) is 0 Å². The van der Waals surface area contributed by atoms with Gasteiger partial charge in [-0.3, -0.25) is 4.79 Å². The van der Waals surface area contributed by atoms with Crippen LogP contribution in [-0.4, -0.2) is 12.3 Å². The summed E-state index contributed by atoms with van der Waals surface area (Å²) < 4.78 is 0. The molecule has 0 fully saturated rings. The Hall–Kier alpha value is -1.15. The highest BCUT2D eigenvalue weighted by atomic mass is 16.1. The van der Waals surface area contributed by atoms with E-state index in [1.54, 1.807) is 0 Å². The summed E-state index contributed by atoms with van der Waals surface area (Å²) in [6.45, 7) is 2.25. The lowest BCUT2D eigenvalue weighted by Crippen LogP contribution is -2.18. The van der Waals surface area contributed by atoms with E-state index in [1.165, 1.54) is 29.5 Å². The first-order valence-corrected chi connectivity index (χ1v) is 5.58. The maximum Gasteiger partial charge on any atom is 0.176 e. The van der Waals surface area contributed by atoms with Crippen molar-refractivity contribution in [3.05, 3.63) is 34.4 Å². The second-order valence-electron chi connectivity index (χ2n) is 4.22. The first-order chi connectivity index (χ1) is 7.24. The summed E-state index contributed by atoms with van der Waals surface area (Å²) in [6.07, 6.45) is 4.60. The maximum atomic E-state index is 11.7. The number of carbonyl (C=O) groups excluding carboxylic acids is 1. The molecular formula is C13H17NO. The second kappa shape index (κ2) is 4.15. The van der Waals surface area contributed by atoms with Gasteiger partial charge in [0, 0.05) is 5.56 Å². The Labute approximate surface area is 90.5 Å². The topological polar surface area (TPSA) is 43.1 Å². The van der Waals surface area contributed by atoms with Gasteiger partial charge in [0.25, 0.3) is 0 Å². The molecule has 0 amide bonds. The first-order valence-electron chi connectivity index (χ1n) is 5.58. The van der Waals surface area contributed by atoms with Gasteiger partial charge in [0.05, 0.1) is 6.54 Å². The van der Waals surface area contributed by atoms with Crippen molar-refractivity contribution >= 4 is 5.78 Å². The van der Waals surface area contributed by atoms with Gasteiger partial charge in [-0.25, -0.2) is 0 Å². The van der Waals surface area contributed by atoms with E-state index in [0.29, 0.717) is 0 Å². The minimum atomic E-state index is 0.0770. The third-order valence-electron chi connectivity index (χ3n) is 3.25. The zero-order valence-corrected chi connectivity index (χ0v) is 9.18. The number of hydrogen-bond acceptors (Lipinski definition) is 2. The quantitative estimate of drug-likeness (QED) is 0.747. The Morgan fingerprint density at radius 2 is 1.93 bits per heavy atom. The molecule has 0 bridgehead atoms. The van der Waals surface area contributed by atoms with Crippen LogP contribution in [0.25, 0.3) is 0 Å². The van der Waals surface area contributed by atoms with Crippen LogP contribution in [0.5, 0.6) is 0 Å². The van der Waals surface area contributed by atoms with E-state index in [-0.39, 0.29) is 12.3 Å². The summed E-state index contributed by atoms with van der Waals surface area (Å²) in [4.78, 5) is 11.7. The van der Waals surface area contributed by atoms with Crippen LogP contribution >= 0.6 is 0 Å². The monoisotopic (exact) mass is 203 g/mol. The highest BCUT2D eigenvalue weighted by molar-refractivity contribution is 5.99. The predicted molar refractivity (Wildman–Crippen MR) is 61.2 cm³/mol. The van der Waals surface area contributed by atoms with E-state index in [0.717, 1.165) is 18.4 Å². The number of hydrogen-bond donors (Lipinski definition) is 1. The van der Waals surface area contributed by atoms with Gasteiger partial charge in [-0.2, -0.15) is 0 Å². The van der Waals surface area contributed by atoms with Gasteiger partial charge in [-0.15, -0.1) is 0 Å². The van der Waals surface area contributed by atoms with E-state index in [1.807, 2.05) is 12.1 Å². The number of ketones is 1. The molecule has 1 aromatic rings. The van der Waals surface area contributed by atoms with Gasteiger partial charge in [-0.05, 0) is 49.3 Å². The van der Waals surface area contributed by atoms with Gasteiger partial charge in [0.2, 0.25) is 0 Å². The summed E-state index contributed by atoms with van der Waals surface area (Å²) in [5.74, 6) is 0.0770. The van der Waals surface area contributed by atoms with Crippen molar-refractivity contribution < 1.29 is 4.79 Å². The molecule has 1 aromatic carbocycles. The van der Waals surface area contributed by atoms with Crippen LogP contribution in [-0.2, 0) is 12.8 Å².